The third kappa shape index (κ3) is 5.17. The average Bonchev–Trinajstić information content (AvgIpc) is 2.82. The van der Waals surface area contributed by atoms with E-state index in [0.717, 1.165) is 37.3 Å². The Morgan fingerprint density at radius 1 is 0.914 bits per heavy atom. The average molecular weight is 479 g/mol. The van der Waals surface area contributed by atoms with Crippen molar-refractivity contribution in [2.75, 3.05) is 49.6 Å². The van der Waals surface area contributed by atoms with E-state index >= 15 is 0 Å². The van der Waals surface area contributed by atoms with Crippen molar-refractivity contribution in [2.45, 2.75) is 39.8 Å². The third-order valence-corrected chi connectivity index (χ3v) is 6.57. The second-order valence-electron chi connectivity index (χ2n) is 9.66. The lowest BCUT2D eigenvalue weighted by Crippen LogP contribution is -2.51. The van der Waals surface area contributed by atoms with Crippen LogP contribution in [0.2, 0.25) is 0 Å². The minimum absolute atomic E-state index is 0.0452. The fourth-order valence-corrected chi connectivity index (χ4v) is 4.72. The predicted octanol–water partition coefficient (Wildman–Crippen LogP) is 3.85. The van der Waals surface area contributed by atoms with Gasteiger partial charge in [-0.15, -0.1) is 0 Å². The molecular formula is C27H34N4O4. The number of amides is 3. The van der Waals surface area contributed by atoms with Crippen LogP contribution in [0, 0.1) is 0 Å². The number of carbonyl (C=O) groups is 3. The van der Waals surface area contributed by atoms with Gasteiger partial charge in [-0.3, -0.25) is 14.5 Å². The maximum Gasteiger partial charge on any atom is 0.414 e. The molecule has 1 saturated heterocycles. The standard InChI is InChI=1S/C27H34N4O4/c1-18(2)35-27(34)30-17-19(3)31(20(4)32)24-11-10-23(16-25(24)30)21-6-8-22(9-7-21)26(33)29-14-12-28(5)13-15-29/h6-11,16,18-19H,12-15,17H2,1-5H3. The summed E-state index contributed by atoms with van der Waals surface area (Å²) in [6.07, 6.45) is -0.678. The molecule has 4 rings (SSSR count). The zero-order valence-corrected chi connectivity index (χ0v) is 21.2. The van der Waals surface area contributed by atoms with Crippen LogP contribution >= 0.6 is 0 Å². The molecule has 2 aliphatic rings. The van der Waals surface area contributed by atoms with E-state index in [4.69, 9.17) is 4.74 Å². The molecule has 0 saturated carbocycles. The molecule has 1 fully saturated rings. The highest BCUT2D eigenvalue weighted by molar-refractivity contribution is 6.03. The highest BCUT2D eigenvalue weighted by atomic mass is 16.6. The van der Waals surface area contributed by atoms with Gasteiger partial charge in [0.1, 0.15) is 0 Å². The quantitative estimate of drug-likeness (QED) is 0.670. The van der Waals surface area contributed by atoms with Crippen molar-refractivity contribution < 1.29 is 19.1 Å². The van der Waals surface area contributed by atoms with Crippen LogP contribution in [0.3, 0.4) is 0 Å². The number of hydrogen-bond donors (Lipinski definition) is 0. The molecule has 0 aromatic heterocycles. The Bertz CT molecular complexity index is 1110. The molecule has 0 N–H and O–H groups in total. The molecule has 0 aliphatic carbocycles. The number of carbonyl (C=O) groups excluding carboxylic acids is 3. The fraction of sp³-hybridized carbons (Fsp3) is 0.444. The maximum atomic E-state index is 12.9. The Kier molecular flexibility index (Phi) is 7.12. The molecular weight excluding hydrogens is 444 g/mol. The van der Waals surface area contributed by atoms with Gasteiger partial charge >= 0.3 is 6.09 Å². The first kappa shape index (κ1) is 24.7. The molecule has 2 aromatic rings. The Labute approximate surface area is 207 Å². The number of piperazine rings is 1. The van der Waals surface area contributed by atoms with Gasteiger partial charge in [0, 0.05) is 45.2 Å². The number of anilines is 2. The SMILES string of the molecule is CC(=O)N1c2ccc(-c3ccc(C(=O)N4CCN(C)CC4)cc3)cc2N(C(=O)OC(C)C)CC1C. The van der Waals surface area contributed by atoms with Crippen LogP contribution in [0.4, 0.5) is 16.2 Å². The zero-order chi connectivity index (χ0) is 25.3. The fourth-order valence-electron chi connectivity index (χ4n) is 4.72. The van der Waals surface area contributed by atoms with Gasteiger partial charge in [-0.2, -0.15) is 0 Å². The Hall–Kier alpha value is -3.39. The van der Waals surface area contributed by atoms with Crippen molar-refractivity contribution in [1.82, 2.24) is 9.80 Å². The van der Waals surface area contributed by atoms with Crippen molar-refractivity contribution in [3.8, 4) is 11.1 Å². The molecule has 3 amide bonds. The number of ether oxygens (including phenoxy) is 1. The van der Waals surface area contributed by atoms with Crippen molar-refractivity contribution in [3.63, 3.8) is 0 Å². The predicted molar refractivity (Wildman–Crippen MR) is 137 cm³/mol. The Morgan fingerprint density at radius 3 is 2.14 bits per heavy atom. The molecule has 1 unspecified atom stereocenters. The van der Waals surface area contributed by atoms with Crippen LogP contribution in [0.15, 0.2) is 42.5 Å². The van der Waals surface area contributed by atoms with E-state index < -0.39 is 6.09 Å². The molecule has 0 bridgehead atoms. The van der Waals surface area contributed by atoms with Gasteiger partial charge in [0.25, 0.3) is 5.91 Å². The first-order chi connectivity index (χ1) is 16.7. The summed E-state index contributed by atoms with van der Waals surface area (Å²) in [7, 11) is 2.06. The topological polar surface area (TPSA) is 73.4 Å². The van der Waals surface area contributed by atoms with Crippen LogP contribution in [0.5, 0.6) is 0 Å². The molecule has 2 aliphatic heterocycles. The van der Waals surface area contributed by atoms with Crippen LogP contribution in [0.25, 0.3) is 11.1 Å². The lowest BCUT2D eigenvalue weighted by atomic mass is 9.99. The molecule has 8 heteroatoms. The van der Waals surface area contributed by atoms with Gasteiger partial charge in [-0.1, -0.05) is 18.2 Å². The van der Waals surface area contributed by atoms with Gasteiger partial charge in [-0.25, -0.2) is 4.79 Å². The monoisotopic (exact) mass is 478 g/mol. The first-order valence-electron chi connectivity index (χ1n) is 12.2. The van der Waals surface area contributed by atoms with Crippen molar-refractivity contribution >= 4 is 29.3 Å². The highest BCUT2D eigenvalue weighted by Gasteiger charge is 2.35. The number of fused-ring (bicyclic) bond motifs is 1. The summed E-state index contributed by atoms with van der Waals surface area (Å²) in [5.74, 6) is -0.0288. The Balaban J connectivity index is 1.63. The molecule has 186 valence electrons. The number of likely N-dealkylation sites (N-methyl/N-ethyl adjacent to an activating group) is 1. The summed E-state index contributed by atoms with van der Waals surface area (Å²) in [6.45, 7) is 10.7. The smallest absolute Gasteiger partial charge is 0.414 e. The Morgan fingerprint density at radius 2 is 1.54 bits per heavy atom. The van der Waals surface area contributed by atoms with E-state index in [9.17, 15) is 14.4 Å². The second-order valence-corrected chi connectivity index (χ2v) is 9.66. The molecule has 35 heavy (non-hydrogen) atoms. The van der Waals surface area contributed by atoms with Crippen LogP contribution in [-0.4, -0.2) is 79.6 Å². The van der Waals surface area contributed by atoms with Crippen molar-refractivity contribution in [2.24, 2.45) is 0 Å². The van der Waals surface area contributed by atoms with Crippen LogP contribution in [-0.2, 0) is 9.53 Å². The number of nitrogens with zero attached hydrogens (tertiary/aromatic N) is 4. The van der Waals surface area contributed by atoms with Gasteiger partial charge < -0.3 is 19.4 Å². The summed E-state index contributed by atoms with van der Waals surface area (Å²) < 4.78 is 5.48. The number of hydrogen-bond acceptors (Lipinski definition) is 5. The van der Waals surface area contributed by atoms with Crippen LogP contribution < -0.4 is 9.80 Å². The van der Waals surface area contributed by atoms with Crippen molar-refractivity contribution in [1.29, 1.82) is 0 Å². The number of rotatable bonds is 3. The number of benzene rings is 2. The normalized spacial score (nSPS) is 18.5. The minimum Gasteiger partial charge on any atom is -0.446 e. The van der Waals surface area contributed by atoms with Gasteiger partial charge in [-0.05, 0) is 63.2 Å². The summed E-state index contributed by atoms with van der Waals surface area (Å²) in [5.41, 5.74) is 3.80. The first-order valence-corrected chi connectivity index (χ1v) is 12.2. The summed E-state index contributed by atoms with van der Waals surface area (Å²) in [4.78, 5) is 45.6. The van der Waals surface area contributed by atoms with E-state index in [-0.39, 0.29) is 24.0 Å². The molecule has 2 heterocycles. The van der Waals surface area contributed by atoms with E-state index in [0.29, 0.717) is 23.5 Å². The molecule has 0 spiro atoms. The minimum atomic E-state index is -0.429. The summed E-state index contributed by atoms with van der Waals surface area (Å²) in [5, 5.41) is 0. The maximum absolute atomic E-state index is 12.9. The molecule has 0 radical (unpaired) electrons. The lowest BCUT2D eigenvalue weighted by molar-refractivity contribution is -0.117. The van der Waals surface area contributed by atoms with E-state index in [2.05, 4.69) is 11.9 Å². The largest absolute Gasteiger partial charge is 0.446 e. The van der Waals surface area contributed by atoms with Gasteiger partial charge in [0.05, 0.1) is 23.5 Å². The highest BCUT2D eigenvalue weighted by Crippen LogP contribution is 2.39. The van der Waals surface area contributed by atoms with Crippen molar-refractivity contribution in [3.05, 3.63) is 48.0 Å². The summed E-state index contributed by atoms with van der Waals surface area (Å²) >= 11 is 0. The second kappa shape index (κ2) is 10.1. The van der Waals surface area contributed by atoms with Gasteiger partial charge in [0.2, 0.25) is 5.91 Å². The van der Waals surface area contributed by atoms with E-state index in [1.54, 1.807) is 9.80 Å². The summed E-state index contributed by atoms with van der Waals surface area (Å²) in [6, 6.07) is 13.1. The molecule has 2 aromatic carbocycles. The lowest BCUT2D eigenvalue weighted by Gasteiger charge is -2.40. The van der Waals surface area contributed by atoms with Crippen LogP contribution in [0.1, 0.15) is 38.1 Å². The molecule has 1 atom stereocenters. The zero-order valence-electron chi connectivity index (χ0n) is 21.2. The van der Waals surface area contributed by atoms with E-state index in [1.165, 1.54) is 6.92 Å². The van der Waals surface area contributed by atoms with E-state index in [1.807, 2.05) is 68.1 Å². The third-order valence-electron chi connectivity index (χ3n) is 6.57. The van der Waals surface area contributed by atoms with Gasteiger partial charge in [0.15, 0.2) is 0 Å². The molecule has 8 nitrogen and oxygen atoms in total.